The number of halogens is 1. The molecular weight excluding hydrogens is 392 g/mol. The van der Waals surface area contributed by atoms with Crippen LogP contribution in [0.25, 0.3) is 11.0 Å². The van der Waals surface area contributed by atoms with Gasteiger partial charge in [0.05, 0.1) is 22.4 Å². The lowest BCUT2D eigenvalue weighted by molar-refractivity contribution is 0.415. The summed E-state index contributed by atoms with van der Waals surface area (Å²) in [6.07, 6.45) is 0. The number of benzene rings is 2. The second-order valence-electron chi connectivity index (χ2n) is 6.93. The van der Waals surface area contributed by atoms with Gasteiger partial charge in [0.1, 0.15) is 11.4 Å². The maximum Gasteiger partial charge on any atom is 0.344 e. The summed E-state index contributed by atoms with van der Waals surface area (Å²) in [5.74, 6) is 0.269. The summed E-state index contributed by atoms with van der Waals surface area (Å²) in [6, 6.07) is 14.2. The van der Waals surface area contributed by atoms with Crippen molar-refractivity contribution in [3.05, 3.63) is 96.8 Å². The first-order valence-electron chi connectivity index (χ1n) is 9.03. The van der Waals surface area contributed by atoms with Gasteiger partial charge in [0.15, 0.2) is 5.75 Å². The van der Waals surface area contributed by atoms with E-state index in [4.69, 9.17) is 20.8 Å². The average Bonchev–Trinajstić information content (AvgIpc) is 2.71. The molecule has 0 fully saturated rings. The second kappa shape index (κ2) is 6.32. The summed E-state index contributed by atoms with van der Waals surface area (Å²) < 4.78 is 13.0. The predicted molar refractivity (Wildman–Crippen MR) is 109 cm³/mol. The minimum atomic E-state index is -0.755. The van der Waals surface area contributed by atoms with Gasteiger partial charge in [-0.3, -0.25) is 9.36 Å². The molecule has 0 radical (unpaired) electrons. The van der Waals surface area contributed by atoms with Crippen LogP contribution in [0.15, 0.2) is 62.5 Å². The summed E-state index contributed by atoms with van der Waals surface area (Å²) in [4.78, 5) is 30.7. The van der Waals surface area contributed by atoms with E-state index in [-0.39, 0.29) is 22.6 Å². The molecule has 2 aromatic carbocycles. The molecule has 5 rings (SSSR count). The molecular formula is C22H15ClN2O4. The molecule has 0 saturated carbocycles. The molecule has 0 bridgehead atoms. The van der Waals surface area contributed by atoms with Gasteiger partial charge in [-0.2, -0.15) is 4.98 Å². The third-order valence-electron chi connectivity index (χ3n) is 5.31. The lowest BCUT2D eigenvalue weighted by Gasteiger charge is -2.28. The average molecular weight is 407 g/mol. The van der Waals surface area contributed by atoms with Crippen molar-refractivity contribution >= 4 is 22.6 Å². The van der Waals surface area contributed by atoms with E-state index in [1.807, 2.05) is 12.1 Å². The molecule has 144 valence electrons. The molecule has 0 spiro atoms. The largest absolute Gasteiger partial charge is 0.437 e. The van der Waals surface area contributed by atoms with Crippen LogP contribution in [-0.4, -0.2) is 9.55 Å². The molecule has 2 aromatic heterocycles. The van der Waals surface area contributed by atoms with Crippen LogP contribution < -0.4 is 15.9 Å². The van der Waals surface area contributed by atoms with Gasteiger partial charge in [0, 0.05) is 12.1 Å². The van der Waals surface area contributed by atoms with E-state index in [1.165, 1.54) is 4.57 Å². The van der Waals surface area contributed by atoms with Crippen molar-refractivity contribution in [2.24, 2.45) is 7.05 Å². The zero-order valence-electron chi connectivity index (χ0n) is 15.6. The highest BCUT2D eigenvalue weighted by molar-refractivity contribution is 6.31. The number of para-hydroxylation sites is 1. The van der Waals surface area contributed by atoms with Crippen LogP contribution in [-0.2, 0) is 7.05 Å². The molecule has 4 aromatic rings. The number of hydrogen-bond acceptors (Lipinski definition) is 5. The fourth-order valence-corrected chi connectivity index (χ4v) is 4.03. The van der Waals surface area contributed by atoms with Crippen molar-refractivity contribution in [3.63, 3.8) is 0 Å². The Bertz CT molecular complexity index is 1420. The number of aromatic nitrogens is 2. The molecule has 1 aliphatic rings. The molecule has 0 aliphatic carbocycles. The van der Waals surface area contributed by atoms with Gasteiger partial charge in [-0.15, -0.1) is 0 Å². The third-order valence-corrected chi connectivity index (χ3v) is 5.65. The van der Waals surface area contributed by atoms with Crippen molar-refractivity contribution in [3.8, 4) is 11.6 Å². The van der Waals surface area contributed by atoms with Crippen LogP contribution in [0.4, 0.5) is 0 Å². The van der Waals surface area contributed by atoms with Gasteiger partial charge in [-0.1, -0.05) is 41.9 Å². The van der Waals surface area contributed by atoms with Crippen LogP contribution in [0.5, 0.6) is 11.6 Å². The van der Waals surface area contributed by atoms with E-state index >= 15 is 0 Å². The molecule has 0 N–H and O–H groups in total. The van der Waals surface area contributed by atoms with Gasteiger partial charge in [0.2, 0.25) is 5.88 Å². The molecule has 0 unspecified atom stereocenters. The summed E-state index contributed by atoms with van der Waals surface area (Å²) in [5.41, 5.74) is 0.657. The topological polar surface area (TPSA) is 74.3 Å². The van der Waals surface area contributed by atoms with Crippen LogP contribution in [0.3, 0.4) is 0 Å². The van der Waals surface area contributed by atoms with Gasteiger partial charge in [-0.05, 0) is 30.7 Å². The van der Waals surface area contributed by atoms with Gasteiger partial charge in [0.25, 0.3) is 5.56 Å². The van der Waals surface area contributed by atoms with Gasteiger partial charge in [-0.25, -0.2) is 4.79 Å². The summed E-state index contributed by atoms with van der Waals surface area (Å²) in [5, 5.41) is 1.07. The quantitative estimate of drug-likeness (QED) is 0.391. The molecule has 6 nitrogen and oxygen atoms in total. The van der Waals surface area contributed by atoms with Crippen LogP contribution in [0.1, 0.15) is 28.4 Å². The van der Waals surface area contributed by atoms with E-state index in [9.17, 15) is 9.59 Å². The SMILES string of the molecule is Cc1nc2c(c(=O)n1C)[C@@H](c1ccccc1Cl)c1c(c3ccccc3oc1=O)O2. The summed E-state index contributed by atoms with van der Waals surface area (Å²) >= 11 is 6.48. The molecule has 7 heteroatoms. The first-order valence-corrected chi connectivity index (χ1v) is 9.40. The van der Waals surface area contributed by atoms with Crippen LogP contribution in [0.2, 0.25) is 5.02 Å². The number of ether oxygens (including phenoxy) is 1. The van der Waals surface area contributed by atoms with Crippen LogP contribution in [0, 0.1) is 6.92 Å². The summed E-state index contributed by atoms with van der Waals surface area (Å²) in [7, 11) is 1.63. The Balaban J connectivity index is 1.96. The molecule has 0 saturated heterocycles. The Morgan fingerprint density at radius 3 is 2.55 bits per heavy atom. The van der Waals surface area contributed by atoms with Crippen molar-refractivity contribution in [1.82, 2.24) is 9.55 Å². The molecule has 1 atom stereocenters. The van der Waals surface area contributed by atoms with E-state index in [0.717, 1.165) is 0 Å². The van der Waals surface area contributed by atoms with E-state index in [1.54, 1.807) is 50.4 Å². The van der Waals surface area contributed by atoms with Crippen LogP contribution >= 0.6 is 11.6 Å². The lowest BCUT2D eigenvalue weighted by Crippen LogP contribution is -2.32. The predicted octanol–water partition coefficient (Wildman–Crippen LogP) is 4.13. The van der Waals surface area contributed by atoms with Crippen molar-refractivity contribution in [2.75, 3.05) is 0 Å². The molecule has 29 heavy (non-hydrogen) atoms. The monoisotopic (exact) mass is 406 g/mol. The van der Waals surface area contributed by atoms with Gasteiger partial charge < -0.3 is 9.15 Å². The first kappa shape index (κ1) is 17.7. The highest BCUT2D eigenvalue weighted by atomic mass is 35.5. The minimum Gasteiger partial charge on any atom is -0.437 e. The highest BCUT2D eigenvalue weighted by Gasteiger charge is 2.38. The second-order valence-corrected chi connectivity index (χ2v) is 7.33. The maximum absolute atomic E-state index is 13.2. The Labute approximate surface area is 170 Å². The normalized spacial score (nSPS) is 14.9. The Kier molecular flexibility index (Phi) is 3.86. The number of nitrogens with zero attached hydrogens (tertiary/aromatic N) is 2. The van der Waals surface area contributed by atoms with Crippen molar-refractivity contribution in [2.45, 2.75) is 12.8 Å². The van der Waals surface area contributed by atoms with Crippen molar-refractivity contribution in [1.29, 1.82) is 0 Å². The highest BCUT2D eigenvalue weighted by Crippen LogP contribution is 2.47. The lowest BCUT2D eigenvalue weighted by atomic mass is 9.84. The standard InChI is InChI=1S/C22H15ClN2O4/c1-11-24-20-18(21(26)25(11)2)16(12-7-3-5-9-14(12)23)17-19(29-20)13-8-4-6-10-15(13)28-22(17)27/h3-10,16H,1-2H3/t16-/m0/s1. The van der Waals surface area contributed by atoms with E-state index < -0.39 is 11.5 Å². The first-order chi connectivity index (χ1) is 14.0. The third kappa shape index (κ3) is 2.53. The van der Waals surface area contributed by atoms with Crippen molar-refractivity contribution < 1.29 is 9.15 Å². The number of aryl methyl sites for hydroxylation is 1. The van der Waals surface area contributed by atoms with Gasteiger partial charge >= 0.3 is 5.63 Å². The smallest absolute Gasteiger partial charge is 0.344 e. The van der Waals surface area contributed by atoms with E-state index in [2.05, 4.69) is 4.98 Å². The number of hydrogen-bond donors (Lipinski definition) is 0. The molecule has 3 heterocycles. The van der Waals surface area contributed by atoms with E-state index in [0.29, 0.717) is 33.1 Å². The Morgan fingerprint density at radius 2 is 1.76 bits per heavy atom. The zero-order valence-corrected chi connectivity index (χ0v) is 16.4. The zero-order chi connectivity index (χ0) is 20.3. The number of rotatable bonds is 1. The maximum atomic E-state index is 13.2. The molecule has 1 aliphatic heterocycles. The fraction of sp³-hybridized carbons (Fsp3) is 0.136. The number of fused-ring (bicyclic) bond motifs is 4. The Morgan fingerprint density at radius 1 is 1.03 bits per heavy atom. The summed E-state index contributed by atoms with van der Waals surface area (Å²) in [6.45, 7) is 1.72. The fourth-order valence-electron chi connectivity index (χ4n) is 3.78. The minimum absolute atomic E-state index is 0.179. The molecule has 0 amide bonds. The Hall–Kier alpha value is -3.38.